The van der Waals surface area contributed by atoms with E-state index in [1.165, 1.54) is 24.9 Å². The minimum absolute atomic E-state index is 0.378. The largest absolute Gasteiger partial charge is 0.368 e. The number of rotatable bonds is 2. The lowest BCUT2D eigenvalue weighted by atomic mass is 9.77. The third-order valence-corrected chi connectivity index (χ3v) is 4.98. The number of halogens is 1. The maximum Gasteiger partial charge on any atom is 0.221 e. The van der Waals surface area contributed by atoms with Gasteiger partial charge in [0, 0.05) is 18.2 Å². The molecule has 5 heteroatoms. The van der Waals surface area contributed by atoms with Crippen LogP contribution in [0.4, 0.5) is 5.95 Å². The van der Waals surface area contributed by atoms with Crippen LogP contribution in [0.2, 0.25) is 0 Å². The van der Waals surface area contributed by atoms with Crippen molar-refractivity contribution in [3.05, 3.63) is 28.5 Å². The molecule has 0 spiro atoms. The van der Waals surface area contributed by atoms with E-state index >= 15 is 0 Å². The molecule has 2 atom stereocenters. The van der Waals surface area contributed by atoms with Gasteiger partial charge in [0.2, 0.25) is 5.95 Å². The molecule has 19 heavy (non-hydrogen) atoms. The van der Waals surface area contributed by atoms with Gasteiger partial charge in [-0.2, -0.15) is 0 Å². The Hall–Kier alpha value is -0.940. The summed E-state index contributed by atoms with van der Waals surface area (Å²) >= 11 is 3.54. The molecular weight excluding hydrogens is 304 g/mol. The Labute approximate surface area is 122 Å². The molecule has 0 amide bonds. The molecule has 1 aliphatic carbocycles. The Bertz CT molecular complexity index is 502. The number of fused-ring (bicyclic) bond motifs is 2. The van der Waals surface area contributed by atoms with Crippen LogP contribution in [0, 0.1) is 5.92 Å². The molecule has 2 aliphatic rings. The Kier molecular flexibility index (Phi) is 3.58. The summed E-state index contributed by atoms with van der Waals surface area (Å²) in [7, 11) is 0. The lowest BCUT2D eigenvalue weighted by Gasteiger charge is -2.44. The number of piperidine rings is 1. The summed E-state index contributed by atoms with van der Waals surface area (Å²) in [6.45, 7) is 6.03. The fourth-order valence-corrected chi connectivity index (χ4v) is 4.06. The highest BCUT2D eigenvalue weighted by Gasteiger charge is 2.36. The standard InChI is InChI=1S/C14H19BrN4/c1-2-5-19-6-3-4-9-7-11-10(8-12(9)19)13(15)18-14(16)17-11/h2,9,12H,1,3-8H2,(H2,16,17,18)/t9-,12-/m1/s1. The smallest absolute Gasteiger partial charge is 0.221 e. The molecule has 102 valence electrons. The molecule has 0 saturated carbocycles. The Morgan fingerprint density at radius 2 is 2.26 bits per heavy atom. The van der Waals surface area contributed by atoms with Crippen LogP contribution in [0.3, 0.4) is 0 Å². The highest BCUT2D eigenvalue weighted by Crippen LogP contribution is 2.36. The Morgan fingerprint density at radius 1 is 1.42 bits per heavy atom. The van der Waals surface area contributed by atoms with Gasteiger partial charge in [0.15, 0.2) is 0 Å². The van der Waals surface area contributed by atoms with E-state index in [1.807, 2.05) is 6.08 Å². The van der Waals surface area contributed by atoms with Crippen LogP contribution in [-0.2, 0) is 12.8 Å². The summed E-state index contributed by atoms with van der Waals surface area (Å²) in [6.07, 6.45) is 6.62. The maximum absolute atomic E-state index is 5.75. The van der Waals surface area contributed by atoms with Crippen molar-refractivity contribution in [2.45, 2.75) is 31.7 Å². The summed E-state index contributed by atoms with van der Waals surface area (Å²) in [6, 6.07) is 0.600. The summed E-state index contributed by atoms with van der Waals surface area (Å²) in [5, 5.41) is 0. The molecular formula is C14H19BrN4. The van der Waals surface area contributed by atoms with Crippen LogP contribution in [0.1, 0.15) is 24.1 Å². The molecule has 2 N–H and O–H groups in total. The minimum Gasteiger partial charge on any atom is -0.368 e. The average Bonchev–Trinajstić information content (AvgIpc) is 2.37. The topological polar surface area (TPSA) is 55.0 Å². The first-order valence-corrected chi connectivity index (χ1v) is 7.64. The number of aromatic nitrogens is 2. The van der Waals surface area contributed by atoms with Gasteiger partial charge in [0.25, 0.3) is 0 Å². The highest BCUT2D eigenvalue weighted by atomic mass is 79.9. The number of nitrogen functional groups attached to an aromatic ring is 1. The molecule has 1 aromatic heterocycles. The van der Waals surface area contributed by atoms with E-state index < -0.39 is 0 Å². The van der Waals surface area contributed by atoms with Gasteiger partial charge in [-0.15, -0.1) is 6.58 Å². The van der Waals surface area contributed by atoms with E-state index in [0.29, 0.717) is 17.9 Å². The van der Waals surface area contributed by atoms with Crippen molar-refractivity contribution in [1.82, 2.24) is 14.9 Å². The van der Waals surface area contributed by atoms with E-state index in [1.54, 1.807) is 0 Å². The van der Waals surface area contributed by atoms with Gasteiger partial charge in [-0.1, -0.05) is 6.08 Å². The summed E-state index contributed by atoms with van der Waals surface area (Å²) < 4.78 is 0.873. The second kappa shape index (κ2) is 5.21. The first-order chi connectivity index (χ1) is 9.19. The van der Waals surface area contributed by atoms with Crippen molar-refractivity contribution < 1.29 is 0 Å². The van der Waals surface area contributed by atoms with Crippen LogP contribution < -0.4 is 5.73 Å². The van der Waals surface area contributed by atoms with Crippen molar-refractivity contribution in [3.8, 4) is 0 Å². The van der Waals surface area contributed by atoms with Gasteiger partial charge in [0.05, 0.1) is 5.69 Å². The first-order valence-electron chi connectivity index (χ1n) is 6.84. The van der Waals surface area contributed by atoms with Crippen molar-refractivity contribution in [3.63, 3.8) is 0 Å². The fourth-order valence-electron chi connectivity index (χ4n) is 3.49. The van der Waals surface area contributed by atoms with Gasteiger partial charge < -0.3 is 5.73 Å². The zero-order chi connectivity index (χ0) is 13.4. The quantitative estimate of drug-likeness (QED) is 0.670. The number of anilines is 1. The average molecular weight is 323 g/mol. The summed E-state index contributed by atoms with van der Waals surface area (Å²) in [5.41, 5.74) is 8.13. The number of hydrogen-bond donors (Lipinski definition) is 1. The van der Waals surface area contributed by atoms with Gasteiger partial charge in [0.1, 0.15) is 4.60 Å². The van der Waals surface area contributed by atoms with Gasteiger partial charge in [-0.05, 0) is 54.1 Å². The van der Waals surface area contributed by atoms with E-state index in [-0.39, 0.29) is 0 Å². The lowest BCUT2D eigenvalue weighted by molar-refractivity contribution is 0.0960. The molecule has 1 aromatic rings. The summed E-state index contributed by atoms with van der Waals surface area (Å²) in [5.74, 6) is 1.07. The lowest BCUT2D eigenvalue weighted by Crippen LogP contribution is -2.49. The molecule has 3 rings (SSSR count). The van der Waals surface area contributed by atoms with Crippen LogP contribution in [0.15, 0.2) is 17.3 Å². The Balaban J connectivity index is 1.93. The fraction of sp³-hybridized carbons (Fsp3) is 0.571. The van der Waals surface area contributed by atoms with Gasteiger partial charge in [-0.25, -0.2) is 9.97 Å². The molecule has 1 saturated heterocycles. The zero-order valence-corrected chi connectivity index (χ0v) is 12.6. The zero-order valence-electron chi connectivity index (χ0n) is 11.0. The van der Waals surface area contributed by atoms with Crippen LogP contribution >= 0.6 is 15.9 Å². The molecule has 0 bridgehead atoms. The molecule has 1 aliphatic heterocycles. The molecule has 2 heterocycles. The normalized spacial score (nSPS) is 26.6. The van der Waals surface area contributed by atoms with Crippen LogP contribution in [0.25, 0.3) is 0 Å². The monoisotopic (exact) mass is 322 g/mol. The van der Waals surface area contributed by atoms with Crippen molar-refractivity contribution in [2.75, 3.05) is 18.8 Å². The molecule has 0 aromatic carbocycles. The van der Waals surface area contributed by atoms with E-state index in [0.717, 1.165) is 29.7 Å². The van der Waals surface area contributed by atoms with E-state index in [2.05, 4.69) is 37.4 Å². The summed E-state index contributed by atoms with van der Waals surface area (Å²) in [4.78, 5) is 11.2. The third kappa shape index (κ3) is 2.41. The van der Waals surface area contributed by atoms with E-state index in [9.17, 15) is 0 Å². The van der Waals surface area contributed by atoms with Crippen molar-refractivity contribution in [2.24, 2.45) is 5.92 Å². The minimum atomic E-state index is 0.378. The van der Waals surface area contributed by atoms with Gasteiger partial charge >= 0.3 is 0 Å². The number of nitrogens with two attached hydrogens (primary N) is 1. The SMILES string of the molecule is C=CCN1CCC[C@@H]2Cc3nc(N)nc(Br)c3C[C@H]21. The predicted octanol–water partition coefficient (Wildman–Crippen LogP) is 2.19. The molecule has 4 nitrogen and oxygen atoms in total. The first kappa shape index (κ1) is 13.1. The Morgan fingerprint density at radius 3 is 3.05 bits per heavy atom. The van der Waals surface area contributed by atoms with Crippen LogP contribution in [-0.4, -0.2) is 34.0 Å². The van der Waals surface area contributed by atoms with Crippen LogP contribution in [0.5, 0.6) is 0 Å². The molecule has 0 unspecified atom stereocenters. The molecule has 1 fully saturated rings. The highest BCUT2D eigenvalue weighted by molar-refractivity contribution is 9.10. The second-order valence-corrected chi connectivity index (χ2v) is 6.21. The van der Waals surface area contributed by atoms with Gasteiger partial charge in [-0.3, -0.25) is 4.90 Å². The number of nitrogens with zero attached hydrogens (tertiary/aromatic N) is 3. The molecule has 0 radical (unpaired) electrons. The number of likely N-dealkylation sites (tertiary alicyclic amines) is 1. The third-order valence-electron chi connectivity index (χ3n) is 4.33. The van der Waals surface area contributed by atoms with E-state index in [4.69, 9.17) is 5.73 Å². The number of hydrogen-bond acceptors (Lipinski definition) is 4. The van der Waals surface area contributed by atoms with Crippen molar-refractivity contribution in [1.29, 1.82) is 0 Å². The maximum atomic E-state index is 5.75. The predicted molar refractivity (Wildman–Crippen MR) is 79.8 cm³/mol. The second-order valence-electron chi connectivity index (χ2n) is 5.46. The van der Waals surface area contributed by atoms with Crippen molar-refractivity contribution >= 4 is 21.9 Å².